The number of nitrogens with one attached hydrogen (secondary N) is 1. The summed E-state index contributed by atoms with van der Waals surface area (Å²) in [6, 6.07) is 0. The highest BCUT2D eigenvalue weighted by Gasteiger charge is 2.20. The monoisotopic (exact) mass is 252 g/mol. The van der Waals surface area contributed by atoms with Crippen LogP contribution < -0.4 is 4.90 Å². The molecule has 1 N–H and O–H groups in total. The van der Waals surface area contributed by atoms with Crippen LogP contribution in [-0.2, 0) is 0 Å². The minimum absolute atomic E-state index is 1.03. The Balaban J connectivity index is 0.00000137. The van der Waals surface area contributed by atoms with Crippen molar-refractivity contribution in [1.82, 2.24) is 0 Å². The molecule has 1 saturated heterocycles. The van der Waals surface area contributed by atoms with Crippen molar-refractivity contribution in [2.24, 2.45) is 5.92 Å². The van der Waals surface area contributed by atoms with Crippen molar-refractivity contribution in [2.75, 3.05) is 19.6 Å². The van der Waals surface area contributed by atoms with Crippen molar-refractivity contribution in [1.29, 1.82) is 5.26 Å². The second kappa shape index (κ2) is 12.9. The minimum Gasteiger partial charge on any atom is -0.512 e. The van der Waals surface area contributed by atoms with Gasteiger partial charge in [0.2, 0.25) is 0 Å². The molecule has 2 heteroatoms. The summed E-state index contributed by atoms with van der Waals surface area (Å²) in [6.45, 7) is 13.8. The zero-order valence-electron chi connectivity index (χ0n) is 12.5. The number of hydrogen-bond donors (Lipinski definition) is 1. The molecule has 2 nitrogen and oxygen atoms in total. The third-order valence-corrected chi connectivity index (χ3v) is 4.18. The average molecular weight is 252 g/mol. The van der Waals surface area contributed by atoms with E-state index in [1.165, 1.54) is 77.4 Å². The molecule has 0 radical (unpaired) electrons. The molecule has 1 aliphatic rings. The fourth-order valence-electron chi connectivity index (χ4n) is 2.98. The van der Waals surface area contributed by atoms with Crippen molar-refractivity contribution in [3.8, 4) is 0 Å². The predicted octanol–water partition coefficient (Wildman–Crippen LogP) is 3.15. The molecule has 0 aromatic heterocycles. The largest absolute Gasteiger partial charge is 0.512 e. The van der Waals surface area contributed by atoms with Crippen LogP contribution in [0, 0.1) is 17.8 Å². The Morgan fingerprint density at radius 1 is 1.06 bits per heavy atom. The summed E-state index contributed by atoms with van der Waals surface area (Å²) in [5, 5.41) is 6.25. The lowest BCUT2D eigenvalue weighted by molar-refractivity contribution is -0.909. The normalized spacial score (nSPS) is 23.1. The summed E-state index contributed by atoms with van der Waals surface area (Å²) in [7, 11) is 0. The molecule has 0 amide bonds. The second-order valence-electron chi connectivity index (χ2n) is 5.64. The first-order valence-electron chi connectivity index (χ1n) is 7.92. The molecule has 0 aromatic rings. The number of rotatable bonds is 8. The van der Waals surface area contributed by atoms with Gasteiger partial charge >= 0.3 is 0 Å². The highest BCUT2D eigenvalue weighted by Crippen LogP contribution is 2.10. The predicted molar refractivity (Wildman–Crippen MR) is 76.9 cm³/mol. The van der Waals surface area contributed by atoms with E-state index < -0.39 is 0 Å². The third kappa shape index (κ3) is 8.53. The topological polar surface area (TPSA) is 28.2 Å². The first-order chi connectivity index (χ1) is 8.86. The Hall–Kier alpha value is -0.550. The average Bonchev–Trinajstić information content (AvgIpc) is 2.45. The smallest absolute Gasteiger partial charge is 0.0799 e. The Bertz CT molecular complexity index is 189. The van der Waals surface area contributed by atoms with Gasteiger partial charge in [0.15, 0.2) is 0 Å². The lowest BCUT2D eigenvalue weighted by atomic mass is 9.95. The van der Waals surface area contributed by atoms with Gasteiger partial charge in [0.05, 0.1) is 19.6 Å². The summed E-state index contributed by atoms with van der Waals surface area (Å²) in [4.78, 5) is 1.90. The maximum Gasteiger partial charge on any atom is 0.0799 e. The summed E-state index contributed by atoms with van der Waals surface area (Å²) in [5.41, 5.74) is 0. The molecule has 106 valence electrons. The van der Waals surface area contributed by atoms with Gasteiger partial charge in [-0.1, -0.05) is 39.5 Å². The Morgan fingerprint density at radius 2 is 1.72 bits per heavy atom. The fourth-order valence-corrected chi connectivity index (χ4v) is 2.98. The van der Waals surface area contributed by atoms with Crippen LogP contribution in [-0.4, -0.2) is 19.6 Å². The highest BCUT2D eigenvalue weighted by atomic mass is 15.1. The van der Waals surface area contributed by atoms with Crippen LogP contribution in [0.5, 0.6) is 0 Å². The number of likely N-dealkylation sites (tertiary alicyclic amines) is 1. The molecule has 1 rings (SSSR count). The summed E-state index contributed by atoms with van der Waals surface area (Å²) in [5.74, 6) is 1.03. The number of nitrogens with zero attached hydrogens (tertiary/aromatic N) is 1. The van der Waals surface area contributed by atoms with E-state index in [-0.39, 0.29) is 0 Å². The van der Waals surface area contributed by atoms with Gasteiger partial charge < -0.3 is 16.7 Å². The molecule has 0 spiro atoms. The Kier molecular flexibility index (Phi) is 12.5. The molecule has 1 fully saturated rings. The molecule has 0 saturated carbocycles. The SMILES string of the molecule is CCCCCCCC[NH+]1CCCC(CC)C1.[C-]#N. The maximum absolute atomic E-state index is 6.25. The van der Waals surface area contributed by atoms with E-state index in [1.54, 1.807) is 0 Å². The van der Waals surface area contributed by atoms with E-state index in [0.717, 1.165) is 5.92 Å². The van der Waals surface area contributed by atoms with Crippen LogP contribution in [0.1, 0.15) is 71.6 Å². The van der Waals surface area contributed by atoms with E-state index >= 15 is 0 Å². The molecular weight excluding hydrogens is 220 g/mol. The van der Waals surface area contributed by atoms with Crippen LogP contribution in [0.15, 0.2) is 0 Å². The van der Waals surface area contributed by atoms with E-state index in [4.69, 9.17) is 11.8 Å². The van der Waals surface area contributed by atoms with Crippen LogP contribution in [0.3, 0.4) is 0 Å². The summed E-state index contributed by atoms with van der Waals surface area (Å²) in [6.07, 6.45) is 13.1. The highest BCUT2D eigenvalue weighted by molar-refractivity contribution is 4.59. The molecule has 2 unspecified atom stereocenters. The van der Waals surface area contributed by atoms with Crippen LogP contribution >= 0.6 is 0 Å². The molecule has 18 heavy (non-hydrogen) atoms. The van der Waals surface area contributed by atoms with Crippen LogP contribution in [0.2, 0.25) is 0 Å². The van der Waals surface area contributed by atoms with Gasteiger partial charge in [0.25, 0.3) is 0 Å². The lowest BCUT2D eigenvalue weighted by Crippen LogP contribution is -3.13. The fraction of sp³-hybridized carbons (Fsp3) is 0.938. The van der Waals surface area contributed by atoms with Gasteiger partial charge in [0, 0.05) is 5.92 Å². The van der Waals surface area contributed by atoms with Gasteiger partial charge in [-0.25, -0.2) is 0 Å². The molecule has 1 heterocycles. The van der Waals surface area contributed by atoms with Crippen molar-refractivity contribution < 1.29 is 4.90 Å². The van der Waals surface area contributed by atoms with Crippen molar-refractivity contribution in [2.45, 2.75) is 71.6 Å². The molecule has 2 atom stereocenters. The summed E-state index contributed by atoms with van der Waals surface area (Å²) < 4.78 is 0. The zero-order valence-corrected chi connectivity index (χ0v) is 12.5. The van der Waals surface area contributed by atoms with Crippen LogP contribution in [0.4, 0.5) is 0 Å². The van der Waals surface area contributed by atoms with E-state index in [2.05, 4.69) is 13.8 Å². The van der Waals surface area contributed by atoms with Gasteiger partial charge in [-0.3, -0.25) is 0 Å². The lowest BCUT2D eigenvalue weighted by Gasteiger charge is -2.29. The van der Waals surface area contributed by atoms with Crippen molar-refractivity contribution in [3.63, 3.8) is 0 Å². The summed E-state index contributed by atoms with van der Waals surface area (Å²) >= 11 is 0. The first kappa shape index (κ1) is 17.4. The molecular formula is C16H32N2. The van der Waals surface area contributed by atoms with E-state index in [9.17, 15) is 0 Å². The number of quaternary nitrogens is 1. The van der Waals surface area contributed by atoms with Crippen molar-refractivity contribution >= 4 is 0 Å². The van der Waals surface area contributed by atoms with Gasteiger partial charge in [-0.15, -0.1) is 0 Å². The molecule has 1 aliphatic heterocycles. The van der Waals surface area contributed by atoms with Crippen LogP contribution in [0.25, 0.3) is 0 Å². The standard InChI is InChI=1S/C15H31N.CN/c1-3-5-6-7-8-9-12-16-13-10-11-15(4-2)14-16;1-2/h15H,3-14H2,1-2H3;/q;-1/p+1. The van der Waals surface area contributed by atoms with Gasteiger partial charge in [-0.2, -0.15) is 0 Å². The molecule has 0 bridgehead atoms. The molecule has 0 aliphatic carbocycles. The minimum atomic E-state index is 1.03. The number of piperidine rings is 1. The third-order valence-electron chi connectivity index (χ3n) is 4.18. The molecule has 0 aromatic carbocycles. The second-order valence-corrected chi connectivity index (χ2v) is 5.64. The Labute approximate surface area is 114 Å². The van der Waals surface area contributed by atoms with E-state index in [1.807, 2.05) is 4.90 Å². The van der Waals surface area contributed by atoms with Gasteiger partial charge in [0.1, 0.15) is 0 Å². The zero-order chi connectivity index (χ0) is 13.6. The van der Waals surface area contributed by atoms with E-state index in [0.29, 0.717) is 0 Å². The van der Waals surface area contributed by atoms with Crippen molar-refractivity contribution in [3.05, 3.63) is 6.57 Å². The Morgan fingerprint density at radius 3 is 2.39 bits per heavy atom. The maximum atomic E-state index is 6.25. The number of hydrogen-bond acceptors (Lipinski definition) is 1. The first-order valence-corrected chi connectivity index (χ1v) is 7.92. The number of unbranched alkanes of at least 4 members (excludes halogenated alkanes) is 5. The quantitative estimate of drug-likeness (QED) is 0.522. The van der Waals surface area contributed by atoms with Gasteiger partial charge in [-0.05, 0) is 32.1 Å².